The normalized spacial score (nSPS) is 15.1. The molecule has 8 nitrogen and oxygen atoms in total. The molecule has 8 heteroatoms. The molecule has 2 heterocycles. The molecule has 3 amide bonds. The van der Waals surface area contributed by atoms with E-state index in [0.29, 0.717) is 22.8 Å². The van der Waals surface area contributed by atoms with Crippen LogP contribution in [0.5, 0.6) is 0 Å². The van der Waals surface area contributed by atoms with Gasteiger partial charge in [0.25, 0.3) is 11.6 Å². The lowest BCUT2D eigenvalue weighted by Gasteiger charge is -2.10. The lowest BCUT2D eigenvalue weighted by Crippen LogP contribution is -2.30. The summed E-state index contributed by atoms with van der Waals surface area (Å²) >= 11 is 0. The van der Waals surface area contributed by atoms with Gasteiger partial charge < -0.3 is 9.73 Å². The molecule has 3 aromatic rings. The second-order valence-electron chi connectivity index (χ2n) is 6.42. The Morgan fingerprint density at radius 1 is 1.07 bits per heavy atom. The summed E-state index contributed by atoms with van der Waals surface area (Å²) in [6.07, 6.45) is 1.43. The summed E-state index contributed by atoms with van der Waals surface area (Å²) in [5, 5.41) is 13.6. The maximum absolute atomic E-state index is 12.6. The summed E-state index contributed by atoms with van der Waals surface area (Å²) in [6.45, 7) is 1.82. The van der Waals surface area contributed by atoms with Gasteiger partial charge in [-0.15, -0.1) is 0 Å². The third-order valence-corrected chi connectivity index (χ3v) is 4.50. The highest BCUT2D eigenvalue weighted by Gasteiger charge is 2.35. The fourth-order valence-corrected chi connectivity index (χ4v) is 3.05. The number of anilines is 1. The highest BCUT2D eigenvalue weighted by atomic mass is 16.6. The zero-order valence-corrected chi connectivity index (χ0v) is 15.3. The molecule has 1 fully saturated rings. The van der Waals surface area contributed by atoms with Gasteiger partial charge >= 0.3 is 6.03 Å². The number of hydrogen-bond donors (Lipinski definition) is 1. The van der Waals surface area contributed by atoms with Gasteiger partial charge in [-0.1, -0.05) is 24.3 Å². The number of nitrogens with zero attached hydrogens (tertiary/aromatic N) is 2. The molecule has 2 aromatic carbocycles. The summed E-state index contributed by atoms with van der Waals surface area (Å²) in [4.78, 5) is 36.4. The molecule has 0 unspecified atom stereocenters. The second-order valence-corrected chi connectivity index (χ2v) is 6.42. The van der Waals surface area contributed by atoms with E-state index >= 15 is 0 Å². The quantitative estimate of drug-likeness (QED) is 0.311. The average Bonchev–Trinajstić information content (AvgIpc) is 3.27. The number of hydrogen-bond acceptors (Lipinski definition) is 5. The summed E-state index contributed by atoms with van der Waals surface area (Å²) < 4.78 is 5.75. The molecule has 4 rings (SSSR count). The number of amides is 3. The van der Waals surface area contributed by atoms with E-state index in [2.05, 4.69) is 5.32 Å². The number of nitro benzene ring substituents is 1. The van der Waals surface area contributed by atoms with E-state index in [0.717, 1.165) is 10.5 Å². The number of rotatable bonds is 4. The molecule has 0 atom stereocenters. The minimum atomic E-state index is -0.547. The second kappa shape index (κ2) is 7.08. The lowest BCUT2D eigenvalue weighted by molar-refractivity contribution is -0.384. The van der Waals surface area contributed by atoms with Gasteiger partial charge in [-0.25, -0.2) is 9.69 Å². The topological polar surface area (TPSA) is 106 Å². The molecule has 0 spiro atoms. The number of para-hydroxylation sites is 1. The predicted molar refractivity (Wildman–Crippen MR) is 106 cm³/mol. The SMILES string of the molecule is Cc1ccc([N+](=O)[O-])cc1-c1ccc(/C=C2/NC(=O)N(c3ccccc3)C2=O)o1. The minimum Gasteiger partial charge on any atom is -0.457 e. The monoisotopic (exact) mass is 389 g/mol. The summed E-state index contributed by atoms with van der Waals surface area (Å²) in [5.41, 5.74) is 1.89. The maximum Gasteiger partial charge on any atom is 0.333 e. The van der Waals surface area contributed by atoms with E-state index in [1.54, 1.807) is 48.5 Å². The molecule has 1 aliphatic heterocycles. The number of nitro groups is 1. The van der Waals surface area contributed by atoms with Crippen molar-refractivity contribution in [3.05, 3.63) is 87.8 Å². The van der Waals surface area contributed by atoms with Gasteiger partial charge in [-0.3, -0.25) is 14.9 Å². The van der Waals surface area contributed by atoms with Crippen molar-refractivity contribution in [2.75, 3.05) is 4.90 Å². The number of furan rings is 1. The summed E-state index contributed by atoms with van der Waals surface area (Å²) in [7, 11) is 0. The molecule has 144 valence electrons. The van der Waals surface area contributed by atoms with Crippen molar-refractivity contribution in [2.45, 2.75) is 6.92 Å². The minimum absolute atomic E-state index is 0.0429. The zero-order valence-electron chi connectivity index (χ0n) is 15.3. The van der Waals surface area contributed by atoms with Crippen molar-refractivity contribution in [1.29, 1.82) is 0 Å². The molecule has 1 aliphatic rings. The molecule has 0 bridgehead atoms. The lowest BCUT2D eigenvalue weighted by atomic mass is 10.1. The predicted octanol–water partition coefficient (Wildman–Crippen LogP) is 4.26. The van der Waals surface area contributed by atoms with Crippen LogP contribution in [0.3, 0.4) is 0 Å². The zero-order chi connectivity index (χ0) is 20.5. The Hall–Kier alpha value is -4.20. The first-order chi connectivity index (χ1) is 13.9. The van der Waals surface area contributed by atoms with Crippen LogP contribution in [0.1, 0.15) is 11.3 Å². The fourth-order valence-electron chi connectivity index (χ4n) is 3.05. The first-order valence-electron chi connectivity index (χ1n) is 8.71. The van der Waals surface area contributed by atoms with Crippen LogP contribution in [0.4, 0.5) is 16.2 Å². The van der Waals surface area contributed by atoms with Crippen molar-refractivity contribution in [1.82, 2.24) is 5.32 Å². The molecular weight excluding hydrogens is 374 g/mol. The summed E-state index contributed by atoms with van der Waals surface area (Å²) in [5.74, 6) is 0.268. The number of urea groups is 1. The van der Waals surface area contributed by atoms with Crippen molar-refractivity contribution < 1.29 is 18.9 Å². The Kier molecular flexibility index (Phi) is 4.44. The standard InChI is InChI=1S/C21H15N3O5/c1-13-7-8-15(24(27)28)11-17(13)19-10-9-16(29-19)12-18-20(25)23(21(26)22-18)14-5-3-2-4-6-14/h2-12H,1H3,(H,22,26)/b18-12+. The van der Waals surface area contributed by atoms with Gasteiger partial charge in [0.1, 0.15) is 17.2 Å². The summed E-state index contributed by atoms with van der Waals surface area (Å²) in [6, 6.07) is 15.8. The largest absolute Gasteiger partial charge is 0.457 e. The first kappa shape index (κ1) is 18.2. The maximum atomic E-state index is 12.6. The van der Waals surface area contributed by atoms with Gasteiger partial charge in [0, 0.05) is 23.8 Å². The number of carbonyl (C=O) groups is 2. The Bertz CT molecular complexity index is 1160. The Balaban J connectivity index is 1.64. The molecular formula is C21H15N3O5. The van der Waals surface area contributed by atoms with Gasteiger partial charge in [-0.05, 0) is 36.8 Å². The van der Waals surface area contributed by atoms with Crippen LogP contribution in [0, 0.1) is 17.0 Å². The first-order valence-corrected chi connectivity index (χ1v) is 8.71. The number of benzene rings is 2. The number of aryl methyl sites for hydroxylation is 1. The fraction of sp³-hybridized carbons (Fsp3) is 0.0476. The van der Waals surface area contributed by atoms with Crippen molar-refractivity contribution >= 4 is 29.4 Å². The van der Waals surface area contributed by atoms with E-state index in [1.165, 1.54) is 18.2 Å². The average molecular weight is 389 g/mol. The highest BCUT2D eigenvalue weighted by molar-refractivity contribution is 6.28. The Morgan fingerprint density at radius 2 is 1.83 bits per heavy atom. The van der Waals surface area contributed by atoms with E-state index in [1.807, 2.05) is 6.92 Å². The molecule has 1 saturated heterocycles. The smallest absolute Gasteiger partial charge is 0.333 e. The molecule has 29 heavy (non-hydrogen) atoms. The van der Waals surface area contributed by atoms with E-state index in [9.17, 15) is 19.7 Å². The highest BCUT2D eigenvalue weighted by Crippen LogP contribution is 2.30. The number of imide groups is 1. The molecule has 0 radical (unpaired) electrons. The number of nitrogens with one attached hydrogen (secondary N) is 1. The van der Waals surface area contributed by atoms with Crippen molar-refractivity contribution in [2.24, 2.45) is 0 Å². The van der Waals surface area contributed by atoms with Crippen LogP contribution >= 0.6 is 0 Å². The Labute approximate surface area is 165 Å². The molecule has 0 aliphatic carbocycles. The van der Waals surface area contributed by atoms with Crippen LogP contribution in [-0.4, -0.2) is 16.9 Å². The molecule has 1 N–H and O–H groups in total. The Morgan fingerprint density at radius 3 is 2.55 bits per heavy atom. The van der Waals surface area contributed by atoms with Crippen LogP contribution in [0.15, 0.2) is 70.8 Å². The van der Waals surface area contributed by atoms with Crippen LogP contribution < -0.4 is 10.2 Å². The van der Waals surface area contributed by atoms with Crippen molar-refractivity contribution in [3.8, 4) is 11.3 Å². The van der Waals surface area contributed by atoms with Crippen LogP contribution in [-0.2, 0) is 4.79 Å². The number of non-ortho nitro benzene ring substituents is 1. The third kappa shape index (κ3) is 3.39. The molecule has 1 aromatic heterocycles. The van der Waals surface area contributed by atoms with E-state index < -0.39 is 16.9 Å². The van der Waals surface area contributed by atoms with Crippen LogP contribution in [0.25, 0.3) is 17.4 Å². The van der Waals surface area contributed by atoms with E-state index in [-0.39, 0.29) is 11.4 Å². The van der Waals surface area contributed by atoms with Gasteiger partial charge in [0.05, 0.1) is 10.6 Å². The van der Waals surface area contributed by atoms with Crippen molar-refractivity contribution in [3.63, 3.8) is 0 Å². The van der Waals surface area contributed by atoms with Crippen LogP contribution in [0.2, 0.25) is 0 Å². The van der Waals surface area contributed by atoms with Gasteiger partial charge in [-0.2, -0.15) is 0 Å². The van der Waals surface area contributed by atoms with Gasteiger partial charge in [0.2, 0.25) is 0 Å². The third-order valence-electron chi connectivity index (χ3n) is 4.50. The van der Waals surface area contributed by atoms with Gasteiger partial charge in [0.15, 0.2) is 0 Å². The molecule has 0 saturated carbocycles. The number of carbonyl (C=O) groups excluding carboxylic acids is 2. The van der Waals surface area contributed by atoms with E-state index in [4.69, 9.17) is 4.42 Å².